The van der Waals surface area contributed by atoms with Crippen molar-refractivity contribution in [3.8, 4) is 17.2 Å². The van der Waals surface area contributed by atoms with Gasteiger partial charge in [-0.2, -0.15) is 0 Å². The van der Waals surface area contributed by atoms with Gasteiger partial charge in [0.25, 0.3) is 0 Å². The summed E-state index contributed by atoms with van der Waals surface area (Å²) < 4.78 is 16.6. The highest BCUT2D eigenvalue weighted by atomic mass is 35.5. The summed E-state index contributed by atoms with van der Waals surface area (Å²) in [6, 6.07) is 14.5. The minimum atomic E-state index is 0. The highest BCUT2D eigenvalue weighted by molar-refractivity contribution is 5.85. The molecule has 6 heteroatoms. The van der Waals surface area contributed by atoms with Crippen LogP contribution in [0.2, 0.25) is 0 Å². The molecule has 26 heavy (non-hydrogen) atoms. The van der Waals surface area contributed by atoms with E-state index in [1.165, 1.54) is 5.56 Å². The zero-order valence-corrected chi connectivity index (χ0v) is 16.3. The lowest BCUT2D eigenvalue weighted by Gasteiger charge is -2.37. The lowest BCUT2D eigenvalue weighted by atomic mass is 10.0. The van der Waals surface area contributed by atoms with Crippen molar-refractivity contribution >= 4 is 12.4 Å². The van der Waals surface area contributed by atoms with Crippen molar-refractivity contribution in [3.63, 3.8) is 0 Å². The molecular formula is C20H27ClN2O3. The molecule has 1 aliphatic heterocycles. The van der Waals surface area contributed by atoms with Gasteiger partial charge in [-0.25, -0.2) is 0 Å². The molecule has 0 bridgehead atoms. The average Bonchev–Trinajstić information content (AvgIpc) is 2.68. The summed E-state index contributed by atoms with van der Waals surface area (Å²) in [5.74, 6) is 2.50. The highest BCUT2D eigenvalue weighted by Crippen LogP contribution is 2.35. The van der Waals surface area contributed by atoms with E-state index in [-0.39, 0.29) is 18.4 Å². The summed E-state index contributed by atoms with van der Waals surface area (Å²) in [6.07, 6.45) is 0. The number of nitrogens with zero attached hydrogens (tertiary/aromatic N) is 1. The van der Waals surface area contributed by atoms with Gasteiger partial charge < -0.3 is 19.5 Å². The van der Waals surface area contributed by atoms with E-state index in [0.29, 0.717) is 0 Å². The van der Waals surface area contributed by atoms with Gasteiger partial charge in [0.2, 0.25) is 0 Å². The van der Waals surface area contributed by atoms with Crippen LogP contribution in [0.4, 0.5) is 0 Å². The van der Waals surface area contributed by atoms with Crippen LogP contribution in [0.1, 0.15) is 17.2 Å². The Kier molecular flexibility index (Phi) is 7.57. The van der Waals surface area contributed by atoms with Crippen molar-refractivity contribution in [1.29, 1.82) is 0 Å². The van der Waals surface area contributed by atoms with Gasteiger partial charge in [0.1, 0.15) is 5.75 Å². The molecule has 142 valence electrons. The standard InChI is InChI=1S/C20H26N2O3.ClH/c1-23-18-9-5-4-8-16(18)17-13-21-11-12-22(17)14-15-7-6-10-19(24-2)20(15)25-3;/h4-10,17,21H,11-14H2,1-3H3;1H. The van der Waals surface area contributed by atoms with Gasteiger partial charge in [0.05, 0.1) is 27.4 Å². The van der Waals surface area contributed by atoms with E-state index in [1.807, 2.05) is 24.3 Å². The Balaban J connectivity index is 0.00000243. The third-order valence-electron chi connectivity index (χ3n) is 4.71. The lowest BCUT2D eigenvalue weighted by molar-refractivity contribution is 0.149. The minimum absolute atomic E-state index is 0. The van der Waals surface area contributed by atoms with E-state index in [2.05, 4.69) is 28.4 Å². The van der Waals surface area contributed by atoms with E-state index < -0.39 is 0 Å². The topological polar surface area (TPSA) is 43.0 Å². The molecule has 2 aromatic carbocycles. The third-order valence-corrected chi connectivity index (χ3v) is 4.71. The number of hydrogen-bond donors (Lipinski definition) is 1. The van der Waals surface area contributed by atoms with Crippen LogP contribution in [0.25, 0.3) is 0 Å². The van der Waals surface area contributed by atoms with Crippen LogP contribution in [0, 0.1) is 0 Å². The smallest absolute Gasteiger partial charge is 0.165 e. The number of ether oxygens (including phenoxy) is 3. The largest absolute Gasteiger partial charge is 0.496 e. The van der Waals surface area contributed by atoms with E-state index in [9.17, 15) is 0 Å². The van der Waals surface area contributed by atoms with E-state index in [0.717, 1.165) is 49.0 Å². The molecule has 1 saturated heterocycles. The van der Waals surface area contributed by atoms with Crippen LogP contribution in [0.15, 0.2) is 42.5 Å². The van der Waals surface area contributed by atoms with Gasteiger partial charge in [-0.3, -0.25) is 4.90 Å². The first-order valence-electron chi connectivity index (χ1n) is 8.56. The molecule has 1 aliphatic rings. The molecule has 0 aromatic heterocycles. The first kappa shape index (κ1) is 20.4. The van der Waals surface area contributed by atoms with Gasteiger partial charge >= 0.3 is 0 Å². The Hall–Kier alpha value is -1.95. The van der Waals surface area contributed by atoms with Crippen LogP contribution in [-0.4, -0.2) is 45.9 Å². The van der Waals surface area contributed by atoms with Crippen LogP contribution in [0.3, 0.4) is 0 Å². The monoisotopic (exact) mass is 378 g/mol. The fraction of sp³-hybridized carbons (Fsp3) is 0.400. The van der Waals surface area contributed by atoms with Gasteiger partial charge in [0, 0.05) is 37.3 Å². The summed E-state index contributed by atoms with van der Waals surface area (Å²) in [6.45, 7) is 3.62. The van der Waals surface area contributed by atoms with Gasteiger partial charge in [-0.15, -0.1) is 12.4 Å². The molecule has 5 nitrogen and oxygen atoms in total. The fourth-order valence-electron chi connectivity index (χ4n) is 3.48. The summed E-state index contributed by atoms with van der Waals surface area (Å²) >= 11 is 0. The Bertz CT molecular complexity index is 711. The maximum atomic E-state index is 5.60. The maximum absolute atomic E-state index is 5.60. The zero-order valence-electron chi connectivity index (χ0n) is 15.5. The van der Waals surface area contributed by atoms with Crippen molar-refractivity contribution in [2.45, 2.75) is 12.6 Å². The van der Waals surface area contributed by atoms with Crippen LogP contribution < -0.4 is 19.5 Å². The Morgan fingerprint density at radius 1 is 0.962 bits per heavy atom. The number of rotatable bonds is 6. The molecule has 1 unspecified atom stereocenters. The van der Waals surface area contributed by atoms with Crippen molar-refractivity contribution in [3.05, 3.63) is 53.6 Å². The molecule has 1 N–H and O–H groups in total. The van der Waals surface area contributed by atoms with E-state index in [1.54, 1.807) is 21.3 Å². The lowest BCUT2D eigenvalue weighted by Crippen LogP contribution is -2.45. The number of nitrogens with one attached hydrogen (secondary N) is 1. The minimum Gasteiger partial charge on any atom is -0.496 e. The van der Waals surface area contributed by atoms with Gasteiger partial charge in [0.15, 0.2) is 11.5 Å². The molecule has 2 aromatic rings. The number of piperazine rings is 1. The fourth-order valence-corrected chi connectivity index (χ4v) is 3.48. The number of para-hydroxylation sites is 2. The molecule has 1 atom stereocenters. The van der Waals surface area contributed by atoms with Crippen molar-refractivity contribution in [1.82, 2.24) is 10.2 Å². The second-order valence-corrected chi connectivity index (χ2v) is 6.08. The summed E-state index contributed by atoms with van der Waals surface area (Å²) in [4.78, 5) is 2.46. The zero-order chi connectivity index (χ0) is 17.6. The van der Waals surface area contributed by atoms with Crippen LogP contribution >= 0.6 is 12.4 Å². The summed E-state index contributed by atoms with van der Waals surface area (Å²) in [7, 11) is 5.09. The second kappa shape index (κ2) is 9.67. The molecule has 0 amide bonds. The number of halogens is 1. The van der Waals surface area contributed by atoms with Gasteiger partial charge in [-0.1, -0.05) is 30.3 Å². The van der Waals surface area contributed by atoms with E-state index >= 15 is 0 Å². The molecule has 0 radical (unpaired) electrons. The van der Waals surface area contributed by atoms with Gasteiger partial charge in [-0.05, 0) is 12.1 Å². The van der Waals surface area contributed by atoms with Crippen LogP contribution in [-0.2, 0) is 6.54 Å². The predicted molar refractivity (Wildman–Crippen MR) is 106 cm³/mol. The second-order valence-electron chi connectivity index (χ2n) is 6.08. The molecule has 1 heterocycles. The third kappa shape index (κ3) is 4.23. The molecule has 0 aliphatic carbocycles. The van der Waals surface area contributed by atoms with E-state index in [4.69, 9.17) is 14.2 Å². The number of hydrogen-bond acceptors (Lipinski definition) is 5. The predicted octanol–water partition coefficient (Wildman–Crippen LogP) is 3.28. The summed E-state index contributed by atoms with van der Waals surface area (Å²) in [5, 5.41) is 3.50. The maximum Gasteiger partial charge on any atom is 0.165 e. The SMILES string of the molecule is COc1ccccc1C1CNCCN1Cc1cccc(OC)c1OC.Cl. The van der Waals surface area contributed by atoms with Crippen molar-refractivity contribution < 1.29 is 14.2 Å². The Morgan fingerprint density at radius 3 is 2.42 bits per heavy atom. The molecule has 3 rings (SSSR count). The number of methoxy groups -OCH3 is 3. The molecule has 0 spiro atoms. The average molecular weight is 379 g/mol. The van der Waals surface area contributed by atoms with Crippen LogP contribution in [0.5, 0.6) is 17.2 Å². The molecule has 0 saturated carbocycles. The Labute approximate surface area is 161 Å². The number of benzene rings is 2. The van der Waals surface area contributed by atoms with Crippen molar-refractivity contribution in [2.75, 3.05) is 41.0 Å². The molecule has 1 fully saturated rings. The van der Waals surface area contributed by atoms with Crippen molar-refractivity contribution in [2.24, 2.45) is 0 Å². The first-order chi connectivity index (χ1) is 12.3. The first-order valence-corrected chi connectivity index (χ1v) is 8.56. The summed E-state index contributed by atoms with van der Waals surface area (Å²) in [5.41, 5.74) is 2.34. The molecular weight excluding hydrogens is 352 g/mol. The normalized spacial score (nSPS) is 17.3. The Morgan fingerprint density at radius 2 is 1.69 bits per heavy atom. The quantitative estimate of drug-likeness (QED) is 0.835. The highest BCUT2D eigenvalue weighted by Gasteiger charge is 2.27.